The molecule has 0 bridgehead atoms. The maximum atomic E-state index is 4.90. The van der Waals surface area contributed by atoms with Gasteiger partial charge in [0.15, 0.2) is 3.95 Å². The molecule has 7 heteroatoms. The quantitative estimate of drug-likeness (QED) is 0.384. The van der Waals surface area contributed by atoms with Crippen LogP contribution in [0, 0.1) is 3.95 Å². The van der Waals surface area contributed by atoms with Crippen LogP contribution in [-0.2, 0) is 0 Å². The average molecular weight is 246 g/mol. The van der Waals surface area contributed by atoms with Crippen molar-refractivity contribution in [2.45, 2.75) is 12.8 Å². The number of hydrogen-bond donors (Lipinski definition) is 1. The molecule has 1 N–H and O–H groups in total. The molecule has 1 aromatic rings. The standard InChI is InChI=1S/C7H10N4S3/c12-7-10-6(13-14-7)8-5-9-11-3-1-2-4-11/h5H,1-4H2,(H,8,9,10,12). The molecule has 0 aromatic carbocycles. The third-order valence-electron chi connectivity index (χ3n) is 1.90. The van der Waals surface area contributed by atoms with Crippen molar-refractivity contribution in [2.24, 2.45) is 4.99 Å². The second-order valence-electron chi connectivity index (χ2n) is 2.91. The van der Waals surface area contributed by atoms with E-state index in [9.17, 15) is 0 Å². The summed E-state index contributed by atoms with van der Waals surface area (Å²) in [5, 5.41) is 2.88. The van der Waals surface area contributed by atoms with Crippen molar-refractivity contribution >= 4 is 44.4 Å². The summed E-state index contributed by atoms with van der Waals surface area (Å²) in [7, 11) is 2.98. The summed E-state index contributed by atoms with van der Waals surface area (Å²) in [4.78, 5) is 8.23. The fourth-order valence-corrected chi connectivity index (χ4v) is 3.04. The van der Waals surface area contributed by atoms with Crippen LogP contribution in [0.15, 0.2) is 4.99 Å². The van der Waals surface area contributed by atoms with Gasteiger partial charge in [-0.25, -0.2) is 10.0 Å². The number of hydrazine groups is 1. The minimum atomic E-state index is 0.656. The average Bonchev–Trinajstić information content (AvgIpc) is 2.77. The van der Waals surface area contributed by atoms with Gasteiger partial charge in [0.1, 0.15) is 6.34 Å². The molecule has 0 amide bonds. The maximum Gasteiger partial charge on any atom is 0.222 e. The van der Waals surface area contributed by atoms with Crippen molar-refractivity contribution < 1.29 is 0 Å². The lowest BCUT2D eigenvalue weighted by Crippen LogP contribution is -2.33. The van der Waals surface area contributed by atoms with Crippen LogP contribution < -0.4 is 5.43 Å². The molecular weight excluding hydrogens is 236 g/mol. The van der Waals surface area contributed by atoms with Crippen LogP contribution in [0.1, 0.15) is 12.8 Å². The van der Waals surface area contributed by atoms with Crippen LogP contribution in [0.25, 0.3) is 0 Å². The van der Waals surface area contributed by atoms with E-state index in [1.807, 2.05) is 0 Å². The molecule has 0 spiro atoms. The molecule has 1 aliphatic heterocycles. The molecule has 2 rings (SSSR count). The Bertz CT molecular complexity index is 363. The molecule has 0 unspecified atom stereocenters. The fraction of sp³-hybridized carbons (Fsp3) is 0.571. The van der Waals surface area contributed by atoms with E-state index in [2.05, 4.69) is 20.4 Å². The van der Waals surface area contributed by atoms with Crippen LogP contribution in [0.3, 0.4) is 0 Å². The summed E-state index contributed by atoms with van der Waals surface area (Å²) < 4.78 is 0.656. The number of nitrogens with zero attached hydrogens (tertiary/aromatic N) is 3. The summed E-state index contributed by atoms with van der Waals surface area (Å²) in [5.41, 5.74) is 3.12. The highest BCUT2D eigenvalue weighted by Crippen LogP contribution is 2.21. The molecular formula is C7H10N4S3. The van der Waals surface area contributed by atoms with Gasteiger partial charge in [-0.05, 0) is 45.7 Å². The van der Waals surface area contributed by atoms with Gasteiger partial charge in [0.05, 0.1) is 0 Å². The van der Waals surface area contributed by atoms with Crippen molar-refractivity contribution in [1.82, 2.24) is 15.4 Å². The Morgan fingerprint density at radius 1 is 1.43 bits per heavy atom. The summed E-state index contributed by atoms with van der Waals surface area (Å²) in [6, 6.07) is 0. The predicted octanol–water partition coefficient (Wildman–Crippen LogP) is 2.19. The summed E-state index contributed by atoms with van der Waals surface area (Å²) >= 11 is 4.90. The largest absolute Gasteiger partial charge is 0.309 e. The first-order valence-electron chi connectivity index (χ1n) is 4.35. The van der Waals surface area contributed by atoms with E-state index in [1.165, 1.54) is 33.5 Å². The highest BCUT2D eigenvalue weighted by atomic mass is 32.9. The van der Waals surface area contributed by atoms with Gasteiger partial charge in [-0.1, -0.05) is 0 Å². The second kappa shape index (κ2) is 4.92. The Labute approximate surface area is 94.7 Å². The third kappa shape index (κ3) is 2.81. The van der Waals surface area contributed by atoms with Crippen LogP contribution in [0.5, 0.6) is 0 Å². The van der Waals surface area contributed by atoms with Crippen molar-refractivity contribution in [1.29, 1.82) is 0 Å². The van der Waals surface area contributed by atoms with Gasteiger partial charge >= 0.3 is 0 Å². The third-order valence-corrected chi connectivity index (χ3v) is 4.39. The van der Waals surface area contributed by atoms with Crippen molar-refractivity contribution in [3.63, 3.8) is 0 Å². The first-order valence-corrected chi connectivity index (χ1v) is 6.91. The minimum absolute atomic E-state index is 0.656. The van der Waals surface area contributed by atoms with Crippen LogP contribution in [0.4, 0.5) is 5.13 Å². The van der Waals surface area contributed by atoms with Crippen LogP contribution in [0.2, 0.25) is 0 Å². The van der Waals surface area contributed by atoms with E-state index in [1.54, 1.807) is 6.34 Å². The number of hydrogen-bond acceptors (Lipinski definition) is 6. The van der Waals surface area contributed by atoms with Gasteiger partial charge in [0.2, 0.25) is 5.13 Å². The Hall–Kier alpha value is -0.370. The van der Waals surface area contributed by atoms with E-state index in [0.717, 1.165) is 18.2 Å². The molecule has 76 valence electrons. The lowest BCUT2D eigenvalue weighted by Gasteiger charge is -2.12. The lowest BCUT2D eigenvalue weighted by atomic mass is 10.4. The topological polar surface area (TPSA) is 40.5 Å². The zero-order valence-corrected chi connectivity index (χ0v) is 9.92. The Balaban J connectivity index is 1.84. The Morgan fingerprint density at radius 3 is 2.86 bits per heavy atom. The molecule has 1 saturated heterocycles. The van der Waals surface area contributed by atoms with E-state index in [-0.39, 0.29) is 0 Å². The maximum absolute atomic E-state index is 4.90. The molecule has 1 aliphatic rings. The molecule has 14 heavy (non-hydrogen) atoms. The molecule has 4 nitrogen and oxygen atoms in total. The van der Waals surface area contributed by atoms with Crippen molar-refractivity contribution in [2.75, 3.05) is 13.1 Å². The number of aliphatic imine (C=N–C) groups is 1. The number of nitrogens with one attached hydrogen (secondary N) is 1. The first kappa shape index (κ1) is 10.2. The summed E-state index contributed by atoms with van der Waals surface area (Å²) in [6.45, 7) is 2.19. The molecule has 0 radical (unpaired) electrons. The SMILES string of the molecule is S=c1nc(/N=C/NN2CCCC2)ss1. The van der Waals surface area contributed by atoms with Gasteiger partial charge < -0.3 is 5.43 Å². The van der Waals surface area contributed by atoms with E-state index in [0.29, 0.717) is 3.95 Å². The zero-order valence-electron chi connectivity index (χ0n) is 7.47. The first-order chi connectivity index (χ1) is 6.84. The van der Waals surface area contributed by atoms with Crippen molar-refractivity contribution in [3.8, 4) is 0 Å². The highest BCUT2D eigenvalue weighted by Gasteiger charge is 2.08. The van der Waals surface area contributed by atoms with E-state index in [4.69, 9.17) is 12.2 Å². The zero-order chi connectivity index (χ0) is 9.80. The monoisotopic (exact) mass is 246 g/mol. The predicted molar refractivity (Wildman–Crippen MR) is 62.9 cm³/mol. The molecule has 1 fully saturated rings. The molecule has 0 saturated carbocycles. The normalized spacial score (nSPS) is 18.0. The molecule has 0 atom stereocenters. The van der Waals surface area contributed by atoms with Gasteiger partial charge in [0.25, 0.3) is 0 Å². The fourth-order valence-electron chi connectivity index (χ4n) is 1.25. The van der Waals surface area contributed by atoms with Gasteiger partial charge in [-0.15, -0.1) is 0 Å². The van der Waals surface area contributed by atoms with Gasteiger partial charge in [-0.3, -0.25) is 0 Å². The minimum Gasteiger partial charge on any atom is -0.309 e. The van der Waals surface area contributed by atoms with Crippen molar-refractivity contribution in [3.05, 3.63) is 3.95 Å². The van der Waals surface area contributed by atoms with Crippen LogP contribution >= 0.6 is 32.9 Å². The van der Waals surface area contributed by atoms with Gasteiger partial charge in [0, 0.05) is 13.1 Å². The smallest absolute Gasteiger partial charge is 0.222 e. The molecule has 0 aliphatic carbocycles. The Morgan fingerprint density at radius 2 is 2.21 bits per heavy atom. The van der Waals surface area contributed by atoms with Crippen LogP contribution in [-0.4, -0.2) is 29.4 Å². The van der Waals surface area contributed by atoms with E-state index >= 15 is 0 Å². The molecule has 1 aromatic heterocycles. The number of aromatic nitrogens is 1. The lowest BCUT2D eigenvalue weighted by molar-refractivity contribution is 0.300. The molecule has 2 heterocycles. The summed E-state index contributed by atoms with van der Waals surface area (Å²) in [6.07, 6.45) is 4.21. The second-order valence-corrected chi connectivity index (χ2v) is 5.64. The summed E-state index contributed by atoms with van der Waals surface area (Å²) in [5.74, 6) is 0. The number of rotatable bonds is 3. The Kier molecular flexibility index (Phi) is 3.57. The van der Waals surface area contributed by atoms with E-state index < -0.39 is 0 Å². The highest BCUT2D eigenvalue weighted by molar-refractivity contribution is 7.79. The van der Waals surface area contributed by atoms with Gasteiger partial charge in [-0.2, -0.15) is 4.98 Å².